The Bertz CT molecular complexity index is 1600. The largest absolute Gasteiger partial charge is 0.507 e. The van der Waals surface area contributed by atoms with Gasteiger partial charge in [-0.15, -0.1) is 0 Å². The smallest absolute Gasteiger partial charge is 0.301 e. The molecule has 1 amide bonds. The number of anilines is 1. The van der Waals surface area contributed by atoms with Crippen molar-refractivity contribution in [1.29, 1.82) is 0 Å². The number of methoxy groups -OCH3 is 1. The summed E-state index contributed by atoms with van der Waals surface area (Å²) < 4.78 is 18.1. The zero-order chi connectivity index (χ0) is 28.9. The molecule has 0 saturated carbocycles. The molecule has 1 fully saturated rings. The van der Waals surface area contributed by atoms with Crippen molar-refractivity contribution in [2.45, 2.75) is 39.2 Å². The lowest BCUT2D eigenvalue weighted by atomic mass is 9.95. The number of aliphatic hydroxyl groups excluding tert-OH is 1. The zero-order valence-electron chi connectivity index (χ0n) is 23.3. The van der Waals surface area contributed by atoms with E-state index in [4.69, 9.17) is 14.2 Å². The fourth-order valence-corrected chi connectivity index (χ4v) is 5.86. The number of carbonyl (C=O) groups excluding carboxylic acids is 2. The second-order valence-corrected chi connectivity index (χ2v) is 10.6. The van der Waals surface area contributed by atoms with E-state index >= 15 is 0 Å². The molecular weight excluding hydrogens is 540 g/mol. The lowest BCUT2D eigenvalue weighted by Gasteiger charge is -2.24. The minimum Gasteiger partial charge on any atom is -0.507 e. The predicted octanol–water partition coefficient (Wildman–Crippen LogP) is 6.90. The number of rotatable bonds is 11. The molecule has 9 heteroatoms. The van der Waals surface area contributed by atoms with Gasteiger partial charge in [0.05, 0.1) is 42.2 Å². The Morgan fingerprint density at radius 2 is 1.78 bits per heavy atom. The van der Waals surface area contributed by atoms with E-state index in [0.717, 1.165) is 24.0 Å². The van der Waals surface area contributed by atoms with Crippen LogP contribution in [-0.4, -0.2) is 42.1 Å². The first-order chi connectivity index (χ1) is 20.0. The van der Waals surface area contributed by atoms with Gasteiger partial charge < -0.3 is 19.3 Å². The molecule has 2 heterocycles. The van der Waals surface area contributed by atoms with Gasteiger partial charge in [0.1, 0.15) is 11.5 Å². The van der Waals surface area contributed by atoms with Crippen LogP contribution in [0.2, 0.25) is 0 Å². The van der Waals surface area contributed by atoms with Crippen molar-refractivity contribution in [3.05, 3.63) is 83.4 Å². The number of Topliss-reactive ketones (excluding diaryl/α,β-unsaturated/α-hetero) is 1. The molecule has 1 aliphatic rings. The zero-order valence-corrected chi connectivity index (χ0v) is 24.1. The number of ether oxygens (including phenoxy) is 3. The summed E-state index contributed by atoms with van der Waals surface area (Å²) in [6.45, 7) is 4.96. The standard InChI is InChI=1S/C32H32N2O6S/c1-4-6-10-17-40-24-16-13-21(18-25(24)39-5-2)28-27(29(35)20-11-8-7-9-12-20)30(36)31(37)34(28)32-33-23-15-14-22(38-3)19-26(23)41-32/h7-9,11-16,18-19,28,35H,4-6,10,17H2,1-3H3. The van der Waals surface area contributed by atoms with Crippen LogP contribution in [0.5, 0.6) is 17.2 Å². The topological polar surface area (TPSA) is 98.2 Å². The van der Waals surface area contributed by atoms with Crippen molar-refractivity contribution in [3.63, 3.8) is 0 Å². The molecule has 5 rings (SSSR count). The minimum absolute atomic E-state index is 0.0166. The van der Waals surface area contributed by atoms with Crippen molar-refractivity contribution < 1.29 is 28.9 Å². The highest BCUT2D eigenvalue weighted by atomic mass is 32.1. The summed E-state index contributed by atoms with van der Waals surface area (Å²) in [5.41, 5.74) is 1.67. The number of thiazole rings is 1. The van der Waals surface area contributed by atoms with E-state index in [1.807, 2.05) is 25.1 Å². The SMILES string of the molecule is CCCCCOc1ccc(C2C(=C(O)c3ccccc3)C(=O)C(=O)N2c2nc3ccc(OC)cc3s2)cc1OCC. The van der Waals surface area contributed by atoms with Gasteiger partial charge in [0.2, 0.25) is 0 Å². The Morgan fingerprint density at radius 1 is 0.976 bits per heavy atom. The average molecular weight is 573 g/mol. The third-order valence-corrected chi connectivity index (χ3v) is 7.89. The Hall–Kier alpha value is -4.37. The summed E-state index contributed by atoms with van der Waals surface area (Å²) in [6, 6.07) is 18.6. The first-order valence-corrected chi connectivity index (χ1v) is 14.5. The molecule has 0 radical (unpaired) electrons. The number of fused-ring (bicyclic) bond motifs is 1. The highest BCUT2D eigenvalue weighted by Gasteiger charge is 2.48. The maximum Gasteiger partial charge on any atom is 0.301 e. The van der Waals surface area contributed by atoms with E-state index in [-0.39, 0.29) is 11.3 Å². The molecule has 3 aromatic carbocycles. The quantitative estimate of drug-likeness (QED) is 0.0904. The number of nitrogens with zero attached hydrogens (tertiary/aromatic N) is 2. The molecule has 0 aliphatic carbocycles. The Balaban J connectivity index is 1.65. The molecule has 1 saturated heterocycles. The lowest BCUT2D eigenvalue weighted by molar-refractivity contribution is -0.132. The van der Waals surface area contributed by atoms with Crippen molar-refractivity contribution in [3.8, 4) is 17.2 Å². The number of amides is 1. The molecule has 41 heavy (non-hydrogen) atoms. The van der Waals surface area contributed by atoms with E-state index in [0.29, 0.717) is 52.2 Å². The molecule has 1 unspecified atom stereocenters. The normalized spacial score (nSPS) is 16.4. The van der Waals surface area contributed by atoms with Crippen molar-refractivity contribution >= 4 is 44.1 Å². The molecule has 0 bridgehead atoms. The molecule has 1 aromatic heterocycles. The minimum atomic E-state index is -0.939. The first-order valence-electron chi connectivity index (χ1n) is 13.7. The number of unbranched alkanes of at least 4 members (excludes halogenated alkanes) is 2. The van der Waals surface area contributed by atoms with Gasteiger partial charge in [0.15, 0.2) is 16.6 Å². The summed E-state index contributed by atoms with van der Waals surface area (Å²) in [5, 5.41) is 11.7. The molecular formula is C32H32N2O6S. The van der Waals surface area contributed by atoms with Gasteiger partial charge in [-0.3, -0.25) is 14.5 Å². The van der Waals surface area contributed by atoms with Gasteiger partial charge in [-0.2, -0.15) is 0 Å². The molecule has 0 spiro atoms. The Morgan fingerprint density at radius 3 is 2.51 bits per heavy atom. The van der Waals surface area contributed by atoms with Crippen molar-refractivity contribution in [2.24, 2.45) is 0 Å². The van der Waals surface area contributed by atoms with Crippen molar-refractivity contribution in [1.82, 2.24) is 4.98 Å². The number of aliphatic hydroxyl groups is 1. The fourth-order valence-electron chi connectivity index (χ4n) is 4.84. The Labute approximate surface area is 242 Å². The number of benzene rings is 3. The van der Waals surface area contributed by atoms with Gasteiger partial charge in [-0.1, -0.05) is 67.5 Å². The van der Waals surface area contributed by atoms with Crippen LogP contribution in [0.1, 0.15) is 50.3 Å². The van der Waals surface area contributed by atoms with Crippen LogP contribution in [0.4, 0.5) is 5.13 Å². The van der Waals surface area contributed by atoms with Crippen LogP contribution in [0.3, 0.4) is 0 Å². The van der Waals surface area contributed by atoms with Crippen LogP contribution < -0.4 is 19.1 Å². The first kappa shape index (κ1) is 28.2. The summed E-state index contributed by atoms with van der Waals surface area (Å²) in [7, 11) is 1.58. The number of hydrogen-bond acceptors (Lipinski definition) is 8. The van der Waals surface area contributed by atoms with Crippen LogP contribution in [0.15, 0.2) is 72.3 Å². The number of aromatic nitrogens is 1. The third-order valence-electron chi connectivity index (χ3n) is 6.87. The third kappa shape index (κ3) is 5.63. The van der Waals surface area contributed by atoms with Crippen LogP contribution in [0.25, 0.3) is 16.0 Å². The van der Waals surface area contributed by atoms with E-state index in [1.165, 1.54) is 16.2 Å². The maximum absolute atomic E-state index is 13.6. The van der Waals surface area contributed by atoms with Crippen LogP contribution in [-0.2, 0) is 9.59 Å². The predicted molar refractivity (Wildman–Crippen MR) is 160 cm³/mol. The molecule has 4 aromatic rings. The molecule has 1 atom stereocenters. The number of carbonyl (C=O) groups is 2. The fraction of sp³-hybridized carbons (Fsp3) is 0.281. The van der Waals surface area contributed by atoms with E-state index in [1.54, 1.807) is 55.6 Å². The monoisotopic (exact) mass is 572 g/mol. The van der Waals surface area contributed by atoms with Crippen LogP contribution in [0, 0.1) is 0 Å². The molecule has 1 aliphatic heterocycles. The lowest BCUT2D eigenvalue weighted by Crippen LogP contribution is -2.29. The van der Waals surface area contributed by atoms with E-state index in [9.17, 15) is 14.7 Å². The second kappa shape index (κ2) is 12.4. The molecule has 8 nitrogen and oxygen atoms in total. The maximum atomic E-state index is 13.6. The average Bonchev–Trinajstić information content (AvgIpc) is 3.53. The second-order valence-electron chi connectivity index (χ2n) is 9.56. The molecule has 212 valence electrons. The van der Waals surface area contributed by atoms with E-state index in [2.05, 4.69) is 11.9 Å². The summed E-state index contributed by atoms with van der Waals surface area (Å²) in [4.78, 5) is 33.3. The van der Waals surface area contributed by atoms with Crippen molar-refractivity contribution in [2.75, 3.05) is 25.2 Å². The van der Waals surface area contributed by atoms with E-state index < -0.39 is 17.7 Å². The van der Waals surface area contributed by atoms with Gasteiger partial charge in [-0.25, -0.2) is 4.98 Å². The summed E-state index contributed by atoms with van der Waals surface area (Å²) in [5.74, 6) is -0.0645. The highest BCUT2D eigenvalue weighted by Crippen LogP contribution is 2.46. The highest BCUT2D eigenvalue weighted by molar-refractivity contribution is 7.22. The Kier molecular flexibility index (Phi) is 8.54. The van der Waals surface area contributed by atoms with Gasteiger partial charge in [0.25, 0.3) is 5.78 Å². The molecule has 1 N–H and O–H groups in total. The number of ketones is 1. The summed E-state index contributed by atoms with van der Waals surface area (Å²) >= 11 is 1.27. The van der Waals surface area contributed by atoms with Gasteiger partial charge in [0, 0.05) is 5.56 Å². The van der Waals surface area contributed by atoms with Crippen LogP contribution >= 0.6 is 11.3 Å². The summed E-state index contributed by atoms with van der Waals surface area (Å²) in [6.07, 6.45) is 3.06. The van der Waals surface area contributed by atoms with Gasteiger partial charge >= 0.3 is 5.91 Å². The number of hydrogen-bond donors (Lipinski definition) is 1. The van der Waals surface area contributed by atoms with Gasteiger partial charge in [-0.05, 0) is 49.2 Å².